The van der Waals surface area contributed by atoms with E-state index >= 15 is 0 Å². The molecule has 92 valence electrons. The molecule has 0 spiro atoms. The average Bonchev–Trinajstić information content (AvgIpc) is 2.28. The maximum absolute atomic E-state index is 3.70. The number of nitrogens with one attached hydrogen (secondary N) is 1. The second-order valence-electron chi connectivity index (χ2n) is 4.71. The van der Waals surface area contributed by atoms with Crippen molar-refractivity contribution in [2.75, 3.05) is 6.54 Å². The van der Waals surface area contributed by atoms with Gasteiger partial charge >= 0.3 is 0 Å². The van der Waals surface area contributed by atoms with Crippen molar-refractivity contribution in [3.05, 3.63) is 0 Å². The third-order valence-electron chi connectivity index (χ3n) is 3.36. The van der Waals surface area contributed by atoms with Crippen LogP contribution in [0.2, 0.25) is 0 Å². The van der Waals surface area contributed by atoms with Gasteiger partial charge in [0.25, 0.3) is 0 Å². The molecule has 0 aliphatic rings. The Labute approximate surface area is 97.0 Å². The number of hydrogen-bond acceptors (Lipinski definition) is 1. The Bertz CT molecular complexity index is 111. The van der Waals surface area contributed by atoms with E-state index in [1.54, 1.807) is 0 Å². The Hall–Kier alpha value is -0.0400. The highest BCUT2D eigenvalue weighted by Crippen LogP contribution is 2.18. The van der Waals surface area contributed by atoms with E-state index in [9.17, 15) is 0 Å². The summed E-state index contributed by atoms with van der Waals surface area (Å²) >= 11 is 0. The number of unbranched alkanes of at least 4 members (excludes halogenated alkanes) is 1. The molecule has 0 saturated carbocycles. The molecule has 15 heavy (non-hydrogen) atoms. The Balaban J connectivity index is 3.86. The molecule has 0 aliphatic carbocycles. The van der Waals surface area contributed by atoms with Crippen LogP contribution in [0.25, 0.3) is 0 Å². The summed E-state index contributed by atoms with van der Waals surface area (Å²) in [5.74, 6) is 0.927. The molecular weight excluding hydrogens is 182 g/mol. The molecule has 0 bridgehead atoms. The highest BCUT2D eigenvalue weighted by atomic mass is 14.9. The number of rotatable bonds is 10. The molecule has 0 saturated heterocycles. The maximum atomic E-state index is 3.70. The molecule has 1 nitrogen and oxygen atoms in total. The summed E-state index contributed by atoms with van der Waals surface area (Å²) in [5, 5.41) is 3.70. The Morgan fingerprint density at radius 3 is 2.07 bits per heavy atom. The van der Waals surface area contributed by atoms with Crippen LogP contribution in [0, 0.1) is 5.92 Å². The molecule has 0 radical (unpaired) electrons. The summed E-state index contributed by atoms with van der Waals surface area (Å²) in [6.45, 7) is 10.4. The summed E-state index contributed by atoms with van der Waals surface area (Å²) in [5.41, 5.74) is 0. The first-order valence-electron chi connectivity index (χ1n) is 7.01. The van der Waals surface area contributed by atoms with Crippen LogP contribution in [0.5, 0.6) is 0 Å². The molecule has 0 aromatic rings. The monoisotopic (exact) mass is 213 g/mol. The molecule has 0 heterocycles. The molecule has 1 unspecified atom stereocenters. The summed E-state index contributed by atoms with van der Waals surface area (Å²) in [7, 11) is 0. The normalized spacial score (nSPS) is 13.4. The van der Waals surface area contributed by atoms with Crippen molar-refractivity contribution < 1.29 is 0 Å². The van der Waals surface area contributed by atoms with E-state index in [1.807, 2.05) is 0 Å². The van der Waals surface area contributed by atoms with Gasteiger partial charge < -0.3 is 5.32 Å². The van der Waals surface area contributed by atoms with Crippen LogP contribution < -0.4 is 5.32 Å². The van der Waals surface area contributed by atoms with Gasteiger partial charge in [-0.05, 0) is 31.7 Å². The first kappa shape index (κ1) is 15.0. The SMILES string of the molecule is CCCCC(CC(CC)CC)NCCC. The second-order valence-corrected chi connectivity index (χ2v) is 4.71. The first-order valence-corrected chi connectivity index (χ1v) is 7.01. The standard InChI is InChI=1S/C14H31N/c1-5-9-10-14(15-11-6-2)12-13(7-3)8-4/h13-15H,5-12H2,1-4H3. The van der Waals surface area contributed by atoms with Gasteiger partial charge in [0.1, 0.15) is 0 Å². The zero-order valence-electron chi connectivity index (χ0n) is 11.3. The first-order chi connectivity index (χ1) is 7.28. The zero-order valence-corrected chi connectivity index (χ0v) is 11.3. The Morgan fingerprint density at radius 1 is 0.933 bits per heavy atom. The smallest absolute Gasteiger partial charge is 0.00696 e. The van der Waals surface area contributed by atoms with Gasteiger partial charge in [0.15, 0.2) is 0 Å². The molecule has 1 atom stereocenters. The van der Waals surface area contributed by atoms with Gasteiger partial charge in [0, 0.05) is 6.04 Å². The predicted molar refractivity (Wildman–Crippen MR) is 70.3 cm³/mol. The van der Waals surface area contributed by atoms with Crippen molar-refractivity contribution in [1.82, 2.24) is 5.32 Å². The molecule has 0 fully saturated rings. The largest absolute Gasteiger partial charge is 0.314 e. The highest BCUT2D eigenvalue weighted by Gasteiger charge is 2.12. The Kier molecular flexibility index (Phi) is 10.4. The highest BCUT2D eigenvalue weighted by molar-refractivity contribution is 4.70. The van der Waals surface area contributed by atoms with Gasteiger partial charge in [-0.25, -0.2) is 0 Å². The molecule has 0 aromatic carbocycles. The van der Waals surface area contributed by atoms with Gasteiger partial charge in [0.05, 0.1) is 0 Å². The van der Waals surface area contributed by atoms with E-state index in [2.05, 4.69) is 33.0 Å². The maximum Gasteiger partial charge on any atom is 0.00696 e. The molecule has 0 rings (SSSR count). The van der Waals surface area contributed by atoms with Crippen LogP contribution in [-0.2, 0) is 0 Å². The molecule has 1 heteroatoms. The van der Waals surface area contributed by atoms with Crippen molar-refractivity contribution in [2.24, 2.45) is 5.92 Å². The van der Waals surface area contributed by atoms with E-state index in [1.165, 1.54) is 51.5 Å². The molecular formula is C14H31N. The molecule has 1 N–H and O–H groups in total. The average molecular weight is 213 g/mol. The van der Waals surface area contributed by atoms with Gasteiger partial charge in [-0.1, -0.05) is 53.4 Å². The quantitative estimate of drug-likeness (QED) is 0.568. The van der Waals surface area contributed by atoms with Crippen molar-refractivity contribution in [3.8, 4) is 0 Å². The summed E-state index contributed by atoms with van der Waals surface area (Å²) in [6, 6.07) is 0.773. The van der Waals surface area contributed by atoms with Crippen LogP contribution in [0.15, 0.2) is 0 Å². The van der Waals surface area contributed by atoms with Gasteiger partial charge in [-0.2, -0.15) is 0 Å². The lowest BCUT2D eigenvalue weighted by Gasteiger charge is -2.23. The fourth-order valence-electron chi connectivity index (χ4n) is 2.13. The van der Waals surface area contributed by atoms with Crippen LogP contribution in [0.4, 0.5) is 0 Å². The minimum Gasteiger partial charge on any atom is -0.314 e. The van der Waals surface area contributed by atoms with E-state index in [0.717, 1.165) is 12.0 Å². The van der Waals surface area contributed by atoms with Crippen LogP contribution >= 0.6 is 0 Å². The molecule has 0 amide bonds. The Morgan fingerprint density at radius 2 is 1.60 bits per heavy atom. The second kappa shape index (κ2) is 10.5. The molecule has 0 aromatic heterocycles. The van der Waals surface area contributed by atoms with Crippen molar-refractivity contribution in [1.29, 1.82) is 0 Å². The van der Waals surface area contributed by atoms with Gasteiger partial charge in [0.2, 0.25) is 0 Å². The molecule has 0 aliphatic heterocycles. The van der Waals surface area contributed by atoms with E-state index < -0.39 is 0 Å². The third-order valence-corrected chi connectivity index (χ3v) is 3.36. The summed E-state index contributed by atoms with van der Waals surface area (Å²) < 4.78 is 0. The van der Waals surface area contributed by atoms with E-state index in [-0.39, 0.29) is 0 Å². The lowest BCUT2D eigenvalue weighted by molar-refractivity contribution is 0.346. The topological polar surface area (TPSA) is 12.0 Å². The fourth-order valence-corrected chi connectivity index (χ4v) is 2.13. The third kappa shape index (κ3) is 7.84. The minimum atomic E-state index is 0.773. The zero-order chi connectivity index (χ0) is 11.5. The van der Waals surface area contributed by atoms with Crippen molar-refractivity contribution in [2.45, 2.75) is 78.7 Å². The fraction of sp³-hybridized carbons (Fsp3) is 1.00. The van der Waals surface area contributed by atoms with E-state index in [4.69, 9.17) is 0 Å². The minimum absolute atomic E-state index is 0.773. The number of hydrogen-bond donors (Lipinski definition) is 1. The van der Waals surface area contributed by atoms with Crippen molar-refractivity contribution in [3.63, 3.8) is 0 Å². The summed E-state index contributed by atoms with van der Waals surface area (Å²) in [4.78, 5) is 0. The van der Waals surface area contributed by atoms with Crippen molar-refractivity contribution >= 4 is 0 Å². The van der Waals surface area contributed by atoms with Gasteiger partial charge in [-0.3, -0.25) is 0 Å². The van der Waals surface area contributed by atoms with Crippen LogP contribution in [-0.4, -0.2) is 12.6 Å². The summed E-state index contributed by atoms with van der Waals surface area (Å²) in [6.07, 6.45) is 9.39. The predicted octanol–water partition coefficient (Wildman–Crippen LogP) is 4.37. The van der Waals surface area contributed by atoms with Crippen LogP contribution in [0.1, 0.15) is 72.6 Å². The van der Waals surface area contributed by atoms with Crippen LogP contribution in [0.3, 0.4) is 0 Å². The van der Waals surface area contributed by atoms with Gasteiger partial charge in [-0.15, -0.1) is 0 Å². The lowest BCUT2D eigenvalue weighted by atomic mass is 9.92. The van der Waals surface area contributed by atoms with E-state index in [0.29, 0.717) is 0 Å². The lowest BCUT2D eigenvalue weighted by Crippen LogP contribution is -2.31.